The fourth-order valence-corrected chi connectivity index (χ4v) is 2.56. The maximum Gasteiger partial charge on any atom is 0.224 e. The molecule has 1 fully saturated rings. The van der Waals surface area contributed by atoms with Crippen molar-refractivity contribution in [3.8, 4) is 0 Å². The number of carbonyl (C=O) groups is 1. The molecule has 19 heavy (non-hydrogen) atoms. The topological polar surface area (TPSA) is 72.4 Å². The van der Waals surface area contributed by atoms with Crippen LogP contribution >= 0.6 is 12.2 Å². The Bertz CT molecular complexity index is 500. The zero-order valence-corrected chi connectivity index (χ0v) is 11.9. The molecular formula is C14H19N3OS. The molecule has 1 aliphatic heterocycles. The molecule has 0 radical (unpaired) electrons. The molecule has 1 saturated heterocycles. The number of thiocarbonyl (C=S) groups is 1. The van der Waals surface area contributed by atoms with Gasteiger partial charge < -0.3 is 11.5 Å². The molecule has 102 valence electrons. The van der Waals surface area contributed by atoms with Crippen LogP contribution in [0.2, 0.25) is 0 Å². The third-order valence-electron chi connectivity index (χ3n) is 3.79. The molecule has 1 unspecified atom stereocenters. The maximum atomic E-state index is 11.4. The van der Waals surface area contributed by atoms with Crippen molar-refractivity contribution >= 4 is 23.1 Å². The number of likely N-dealkylation sites (tertiary alicyclic amines) is 1. The van der Waals surface area contributed by atoms with Crippen molar-refractivity contribution in [3.63, 3.8) is 0 Å². The van der Waals surface area contributed by atoms with E-state index in [-0.39, 0.29) is 5.91 Å². The maximum absolute atomic E-state index is 11.4. The van der Waals surface area contributed by atoms with E-state index in [1.54, 1.807) is 0 Å². The highest BCUT2D eigenvalue weighted by Crippen LogP contribution is 2.30. The van der Waals surface area contributed by atoms with Gasteiger partial charge in [0.15, 0.2) is 0 Å². The van der Waals surface area contributed by atoms with E-state index in [1.165, 1.54) is 5.56 Å². The zero-order valence-electron chi connectivity index (χ0n) is 11.1. The molecule has 0 aliphatic carbocycles. The van der Waals surface area contributed by atoms with Crippen molar-refractivity contribution in [2.75, 3.05) is 13.1 Å². The lowest BCUT2D eigenvalue weighted by Gasteiger charge is -2.21. The van der Waals surface area contributed by atoms with Crippen molar-refractivity contribution in [2.24, 2.45) is 16.9 Å². The minimum atomic E-state index is -0.390. The van der Waals surface area contributed by atoms with E-state index in [1.807, 2.05) is 31.2 Å². The van der Waals surface area contributed by atoms with Gasteiger partial charge in [0.05, 0.1) is 5.41 Å². The van der Waals surface area contributed by atoms with Crippen molar-refractivity contribution < 1.29 is 4.79 Å². The number of hydrogen-bond donors (Lipinski definition) is 2. The van der Waals surface area contributed by atoms with Gasteiger partial charge >= 0.3 is 0 Å². The molecule has 0 aromatic heterocycles. The van der Waals surface area contributed by atoms with Crippen LogP contribution < -0.4 is 11.5 Å². The third-order valence-corrected chi connectivity index (χ3v) is 4.03. The smallest absolute Gasteiger partial charge is 0.224 e. The first-order valence-corrected chi connectivity index (χ1v) is 6.72. The van der Waals surface area contributed by atoms with Gasteiger partial charge in [-0.05, 0) is 25.5 Å². The molecule has 0 saturated carbocycles. The molecule has 1 aliphatic rings. The Kier molecular flexibility index (Phi) is 3.87. The van der Waals surface area contributed by atoms with Gasteiger partial charge in [-0.1, -0.05) is 36.5 Å². The average Bonchev–Trinajstić information content (AvgIpc) is 2.73. The largest absolute Gasteiger partial charge is 0.389 e. The Morgan fingerprint density at radius 2 is 2.00 bits per heavy atom. The first-order valence-electron chi connectivity index (χ1n) is 6.32. The Morgan fingerprint density at radius 3 is 2.47 bits per heavy atom. The molecule has 0 bridgehead atoms. The number of amides is 1. The predicted octanol–water partition coefficient (Wildman–Crippen LogP) is 1.02. The fourth-order valence-electron chi connectivity index (χ4n) is 2.43. The molecule has 1 aromatic carbocycles. The van der Waals surface area contributed by atoms with Crippen LogP contribution in [0, 0.1) is 5.41 Å². The Morgan fingerprint density at radius 1 is 1.37 bits per heavy atom. The summed E-state index contributed by atoms with van der Waals surface area (Å²) in [6, 6.07) is 7.91. The summed E-state index contributed by atoms with van der Waals surface area (Å²) in [6.45, 7) is 4.38. The highest BCUT2D eigenvalue weighted by atomic mass is 32.1. The quantitative estimate of drug-likeness (QED) is 0.806. The van der Waals surface area contributed by atoms with E-state index < -0.39 is 5.41 Å². The van der Waals surface area contributed by atoms with Crippen molar-refractivity contribution in [3.05, 3.63) is 35.4 Å². The summed E-state index contributed by atoms with van der Waals surface area (Å²) < 4.78 is 0. The second kappa shape index (κ2) is 5.27. The van der Waals surface area contributed by atoms with Crippen molar-refractivity contribution in [1.29, 1.82) is 0 Å². The normalized spacial score (nSPS) is 23.4. The fraction of sp³-hybridized carbons (Fsp3) is 0.429. The molecule has 1 heterocycles. The van der Waals surface area contributed by atoms with Crippen LogP contribution in [0.3, 0.4) is 0 Å². The standard InChI is InChI=1S/C14H19N3OS/c1-14(13(16)18)6-7-17(9-14)8-10-2-4-11(5-3-10)12(15)19/h2-5H,6-9H2,1H3,(H2,15,19)(H2,16,18). The summed E-state index contributed by atoms with van der Waals surface area (Å²) in [4.78, 5) is 14.1. The third kappa shape index (κ3) is 3.11. The number of hydrogen-bond acceptors (Lipinski definition) is 3. The summed E-state index contributed by atoms with van der Waals surface area (Å²) in [7, 11) is 0. The second-order valence-corrected chi connectivity index (χ2v) is 5.89. The first-order chi connectivity index (χ1) is 8.90. The monoisotopic (exact) mass is 277 g/mol. The van der Waals surface area contributed by atoms with Crippen molar-refractivity contribution in [1.82, 2.24) is 4.90 Å². The Balaban J connectivity index is 1.99. The summed E-state index contributed by atoms with van der Waals surface area (Å²) >= 11 is 4.92. The molecular weight excluding hydrogens is 258 g/mol. The highest BCUT2D eigenvalue weighted by Gasteiger charge is 2.38. The van der Waals surface area contributed by atoms with Gasteiger partial charge in [0.1, 0.15) is 4.99 Å². The summed E-state index contributed by atoms with van der Waals surface area (Å²) in [5.74, 6) is -0.209. The van der Waals surface area contributed by atoms with Gasteiger partial charge in [-0.15, -0.1) is 0 Å². The van der Waals surface area contributed by atoms with Gasteiger partial charge in [-0.25, -0.2) is 0 Å². The van der Waals surface area contributed by atoms with Crippen LogP contribution in [-0.2, 0) is 11.3 Å². The number of benzene rings is 1. The summed E-state index contributed by atoms with van der Waals surface area (Å²) in [5, 5.41) is 0. The van der Waals surface area contributed by atoms with Gasteiger partial charge in [-0.2, -0.15) is 0 Å². The van der Waals surface area contributed by atoms with Gasteiger partial charge in [0.25, 0.3) is 0 Å². The van der Waals surface area contributed by atoms with E-state index in [0.29, 0.717) is 4.99 Å². The number of nitrogens with two attached hydrogens (primary N) is 2. The highest BCUT2D eigenvalue weighted by molar-refractivity contribution is 7.80. The zero-order chi connectivity index (χ0) is 14.0. The van der Waals surface area contributed by atoms with Crippen LogP contribution in [0.25, 0.3) is 0 Å². The van der Waals surface area contributed by atoms with E-state index in [2.05, 4.69) is 4.90 Å². The summed E-state index contributed by atoms with van der Waals surface area (Å²) in [6.07, 6.45) is 0.827. The molecule has 2 rings (SSSR count). The summed E-state index contributed by atoms with van der Waals surface area (Å²) in [5.41, 5.74) is 12.7. The number of primary amides is 1. The van der Waals surface area contributed by atoms with Gasteiger partial charge in [0.2, 0.25) is 5.91 Å². The Labute approximate surface area is 118 Å². The van der Waals surface area contributed by atoms with E-state index in [4.69, 9.17) is 23.7 Å². The number of carbonyl (C=O) groups excluding carboxylic acids is 1. The lowest BCUT2D eigenvalue weighted by Crippen LogP contribution is -2.36. The molecule has 1 amide bonds. The number of nitrogens with zero attached hydrogens (tertiary/aromatic N) is 1. The molecule has 4 nitrogen and oxygen atoms in total. The molecule has 0 spiro atoms. The van der Waals surface area contributed by atoms with Crippen molar-refractivity contribution in [2.45, 2.75) is 19.9 Å². The molecule has 1 aromatic rings. The van der Waals surface area contributed by atoms with E-state index >= 15 is 0 Å². The average molecular weight is 277 g/mol. The Hall–Kier alpha value is -1.46. The van der Waals surface area contributed by atoms with Gasteiger partial charge in [-0.3, -0.25) is 9.69 Å². The minimum Gasteiger partial charge on any atom is -0.389 e. The lowest BCUT2D eigenvalue weighted by atomic mass is 9.89. The van der Waals surface area contributed by atoms with Crippen LogP contribution in [0.4, 0.5) is 0 Å². The van der Waals surface area contributed by atoms with Gasteiger partial charge in [0, 0.05) is 18.7 Å². The van der Waals surface area contributed by atoms with E-state index in [9.17, 15) is 4.79 Å². The lowest BCUT2D eigenvalue weighted by molar-refractivity contribution is -0.126. The van der Waals surface area contributed by atoms with Crippen LogP contribution in [-0.4, -0.2) is 28.9 Å². The van der Waals surface area contributed by atoms with Crippen LogP contribution in [0.5, 0.6) is 0 Å². The minimum absolute atomic E-state index is 0.209. The molecule has 5 heteroatoms. The van der Waals surface area contributed by atoms with E-state index in [0.717, 1.165) is 31.6 Å². The molecule has 1 atom stereocenters. The predicted molar refractivity (Wildman–Crippen MR) is 79.5 cm³/mol. The first kappa shape index (κ1) is 14.0. The van der Waals surface area contributed by atoms with Crippen LogP contribution in [0.1, 0.15) is 24.5 Å². The second-order valence-electron chi connectivity index (χ2n) is 5.45. The number of rotatable bonds is 4. The molecule has 4 N–H and O–H groups in total. The van der Waals surface area contributed by atoms with Crippen LogP contribution in [0.15, 0.2) is 24.3 Å². The SMILES string of the molecule is CC1(C(N)=O)CCN(Cc2ccc(C(N)=S)cc2)C1.